The van der Waals surface area contributed by atoms with E-state index in [1.807, 2.05) is 24.4 Å². The highest BCUT2D eigenvalue weighted by molar-refractivity contribution is 7.10. The molecule has 1 aliphatic carbocycles. The Balaban J connectivity index is 1.75. The Morgan fingerprint density at radius 1 is 1.21 bits per heavy atom. The lowest BCUT2D eigenvalue weighted by Crippen LogP contribution is -2.39. The zero-order valence-electron chi connectivity index (χ0n) is 16.6. The van der Waals surface area contributed by atoms with E-state index in [9.17, 15) is 14.0 Å². The van der Waals surface area contributed by atoms with E-state index in [1.54, 1.807) is 11.3 Å². The molecule has 1 atom stereocenters. The molecule has 4 nitrogen and oxygen atoms in total. The number of amides is 1. The molecule has 1 aromatic carbocycles. The third-order valence-corrected chi connectivity index (χ3v) is 6.35. The van der Waals surface area contributed by atoms with Crippen molar-refractivity contribution in [2.45, 2.75) is 39.5 Å². The minimum absolute atomic E-state index is 0.0849. The molecule has 2 aromatic rings. The van der Waals surface area contributed by atoms with Crippen molar-refractivity contribution in [1.29, 1.82) is 0 Å². The number of allylic oxidation sites excluding steroid dienone is 3. The molecule has 0 saturated heterocycles. The Morgan fingerprint density at radius 3 is 2.59 bits per heavy atom. The second kappa shape index (κ2) is 7.26. The van der Waals surface area contributed by atoms with E-state index >= 15 is 0 Å². The number of hydrogen-bond donors (Lipinski definition) is 2. The molecule has 0 spiro atoms. The van der Waals surface area contributed by atoms with Crippen LogP contribution in [0, 0.1) is 11.2 Å². The van der Waals surface area contributed by atoms with Crippen molar-refractivity contribution in [3.63, 3.8) is 0 Å². The number of carbonyl (C=O) groups excluding carboxylic acids is 2. The molecule has 6 heteroatoms. The fourth-order valence-corrected chi connectivity index (χ4v) is 5.05. The average molecular weight is 411 g/mol. The lowest BCUT2D eigenvalue weighted by atomic mass is 9.69. The number of dihydropyridines is 1. The zero-order valence-corrected chi connectivity index (χ0v) is 17.5. The summed E-state index contributed by atoms with van der Waals surface area (Å²) < 4.78 is 13.2. The number of anilines is 1. The molecule has 1 aliphatic heterocycles. The molecule has 29 heavy (non-hydrogen) atoms. The fourth-order valence-electron chi connectivity index (χ4n) is 4.21. The van der Waals surface area contributed by atoms with Crippen molar-refractivity contribution in [2.24, 2.45) is 5.41 Å². The number of benzene rings is 1. The minimum Gasteiger partial charge on any atom is -0.362 e. The maximum Gasteiger partial charge on any atom is 0.254 e. The second-order valence-corrected chi connectivity index (χ2v) is 9.39. The molecule has 4 rings (SSSR count). The quantitative estimate of drug-likeness (QED) is 0.738. The summed E-state index contributed by atoms with van der Waals surface area (Å²) in [5, 5.41) is 8.16. The third kappa shape index (κ3) is 3.77. The van der Waals surface area contributed by atoms with Crippen LogP contribution in [0.5, 0.6) is 0 Å². The van der Waals surface area contributed by atoms with E-state index in [4.69, 9.17) is 0 Å². The van der Waals surface area contributed by atoms with Gasteiger partial charge < -0.3 is 10.6 Å². The maximum atomic E-state index is 13.2. The van der Waals surface area contributed by atoms with Crippen LogP contribution in [0.4, 0.5) is 10.1 Å². The Morgan fingerprint density at radius 2 is 1.93 bits per heavy atom. The van der Waals surface area contributed by atoms with Crippen molar-refractivity contribution in [1.82, 2.24) is 5.32 Å². The highest BCUT2D eigenvalue weighted by Gasteiger charge is 2.43. The predicted octanol–water partition coefficient (Wildman–Crippen LogP) is 5.13. The van der Waals surface area contributed by atoms with E-state index < -0.39 is 5.92 Å². The first kappa shape index (κ1) is 19.6. The number of nitrogens with one attached hydrogen (secondary N) is 2. The molecule has 2 N–H and O–H groups in total. The first-order valence-corrected chi connectivity index (χ1v) is 10.5. The fraction of sp³-hybridized carbons (Fsp3) is 0.304. The SMILES string of the molecule is CC1=C(C(=O)Nc2ccc(F)cc2)C(c2cccs2)C2=C(CC(C)(C)CC2=O)N1. The molecule has 2 heterocycles. The molecule has 1 aromatic heterocycles. The number of Topliss-reactive ketones (excluding diaryl/α,β-unsaturated/α-hetero) is 1. The zero-order chi connectivity index (χ0) is 20.8. The molecule has 0 bridgehead atoms. The lowest BCUT2D eigenvalue weighted by Gasteiger charge is -2.39. The Bertz CT molecular complexity index is 1030. The molecule has 0 saturated carbocycles. The summed E-state index contributed by atoms with van der Waals surface area (Å²) in [5.74, 6) is -0.958. The van der Waals surface area contributed by atoms with Gasteiger partial charge in [0.05, 0.1) is 5.92 Å². The number of halogens is 1. The van der Waals surface area contributed by atoms with Gasteiger partial charge in [-0.1, -0.05) is 19.9 Å². The molecule has 150 valence electrons. The number of hydrogen-bond acceptors (Lipinski definition) is 4. The van der Waals surface area contributed by atoms with Gasteiger partial charge >= 0.3 is 0 Å². The minimum atomic E-state index is -0.393. The largest absolute Gasteiger partial charge is 0.362 e. The maximum absolute atomic E-state index is 13.2. The van der Waals surface area contributed by atoms with Gasteiger partial charge in [-0.15, -0.1) is 11.3 Å². The van der Waals surface area contributed by atoms with Crippen molar-refractivity contribution in [3.05, 3.63) is 75.0 Å². The Kier molecular flexibility index (Phi) is 4.90. The van der Waals surface area contributed by atoms with E-state index in [0.717, 1.165) is 22.7 Å². The standard InChI is InChI=1S/C23H23FN2O2S/c1-13-19(22(28)26-15-8-6-14(24)7-9-15)21(18-5-4-10-29-18)20-16(25-13)11-23(2,3)12-17(20)27/h4-10,21,25H,11-12H2,1-3H3,(H,26,28). The highest BCUT2D eigenvalue weighted by Crippen LogP contribution is 2.47. The molecule has 0 radical (unpaired) electrons. The van der Waals surface area contributed by atoms with Crippen molar-refractivity contribution in [2.75, 3.05) is 5.32 Å². The summed E-state index contributed by atoms with van der Waals surface area (Å²) >= 11 is 1.54. The summed E-state index contributed by atoms with van der Waals surface area (Å²) in [4.78, 5) is 27.3. The summed E-state index contributed by atoms with van der Waals surface area (Å²) in [6, 6.07) is 9.57. The highest BCUT2D eigenvalue weighted by atomic mass is 32.1. The van der Waals surface area contributed by atoms with Crippen LogP contribution in [0.3, 0.4) is 0 Å². The van der Waals surface area contributed by atoms with Gasteiger partial charge in [-0.25, -0.2) is 4.39 Å². The Hall–Kier alpha value is -2.73. The van der Waals surface area contributed by atoms with Crippen LogP contribution < -0.4 is 10.6 Å². The smallest absolute Gasteiger partial charge is 0.254 e. The van der Waals surface area contributed by atoms with Gasteiger partial charge in [0.15, 0.2) is 5.78 Å². The van der Waals surface area contributed by atoms with Gasteiger partial charge in [-0.3, -0.25) is 9.59 Å². The van der Waals surface area contributed by atoms with Crippen LogP contribution in [-0.2, 0) is 9.59 Å². The van der Waals surface area contributed by atoms with E-state index in [-0.39, 0.29) is 22.9 Å². The van der Waals surface area contributed by atoms with Crippen LogP contribution in [-0.4, -0.2) is 11.7 Å². The number of thiophene rings is 1. The number of rotatable bonds is 3. The van der Waals surface area contributed by atoms with Crippen LogP contribution in [0.25, 0.3) is 0 Å². The van der Waals surface area contributed by atoms with Gasteiger partial charge in [0, 0.05) is 39.5 Å². The van der Waals surface area contributed by atoms with E-state index in [0.29, 0.717) is 23.3 Å². The normalized spacial score (nSPS) is 21.0. The first-order valence-electron chi connectivity index (χ1n) is 9.59. The van der Waals surface area contributed by atoms with E-state index in [1.165, 1.54) is 24.3 Å². The van der Waals surface area contributed by atoms with Gasteiger partial charge in [0.2, 0.25) is 0 Å². The van der Waals surface area contributed by atoms with Crippen molar-refractivity contribution < 1.29 is 14.0 Å². The number of ketones is 1. The van der Waals surface area contributed by atoms with Gasteiger partial charge in [0.25, 0.3) is 5.91 Å². The summed E-state index contributed by atoms with van der Waals surface area (Å²) in [6.07, 6.45) is 1.22. The molecular formula is C23H23FN2O2S. The van der Waals surface area contributed by atoms with Crippen molar-refractivity contribution >= 4 is 28.7 Å². The van der Waals surface area contributed by atoms with E-state index in [2.05, 4.69) is 24.5 Å². The predicted molar refractivity (Wildman–Crippen MR) is 113 cm³/mol. The molecular weight excluding hydrogens is 387 g/mol. The molecule has 2 aliphatic rings. The molecule has 0 fully saturated rings. The summed E-state index contributed by atoms with van der Waals surface area (Å²) in [7, 11) is 0. The lowest BCUT2D eigenvalue weighted by molar-refractivity contribution is -0.118. The van der Waals surface area contributed by atoms with Crippen LogP contribution >= 0.6 is 11.3 Å². The Labute approximate surface area is 173 Å². The summed E-state index contributed by atoms with van der Waals surface area (Å²) in [6.45, 7) is 6.05. The molecule has 1 amide bonds. The van der Waals surface area contributed by atoms with Crippen LogP contribution in [0.1, 0.15) is 44.4 Å². The average Bonchev–Trinajstić information content (AvgIpc) is 3.15. The summed E-state index contributed by atoms with van der Waals surface area (Å²) in [5.41, 5.74) is 3.28. The third-order valence-electron chi connectivity index (χ3n) is 5.41. The topological polar surface area (TPSA) is 58.2 Å². The van der Waals surface area contributed by atoms with Gasteiger partial charge in [0.1, 0.15) is 5.82 Å². The molecule has 1 unspecified atom stereocenters. The number of carbonyl (C=O) groups is 2. The van der Waals surface area contributed by atoms with Gasteiger partial charge in [-0.05, 0) is 54.5 Å². The van der Waals surface area contributed by atoms with Crippen LogP contribution in [0.15, 0.2) is 64.3 Å². The monoisotopic (exact) mass is 410 g/mol. The van der Waals surface area contributed by atoms with Crippen molar-refractivity contribution in [3.8, 4) is 0 Å². The first-order chi connectivity index (χ1) is 13.7. The van der Waals surface area contributed by atoms with Gasteiger partial charge in [-0.2, -0.15) is 0 Å². The second-order valence-electron chi connectivity index (χ2n) is 8.41. The van der Waals surface area contributed by atoms with Crippen LogP contribution in [0.2, 0.25) is 0 Å².